The highest BCUT2D eigenvalue weighted by atomic mass is 32.1. The molecule has 0 fully saturated rings. The maximum Gasteiger partial charge on any atom is 0.328 e. The molecule has 0 aliphatic rings. The Kier molecular flexibility index (Phi) is 5.18. The van der Waals surface area contributed by atoms with E-state index in [0.29, 0.717) is 17.9 Å². The van der Waals surface area contributed by atoms with Crippen LogP contribution in [0.4, 0.5) is 0 Å². The number of amides is 1. The quantitative estimate of drug-likeness (QED) is 0.449. The minimum absolute atomic E-state index is 0.306. The Balaban J connectivity index is 1.72. The van der Waals surface area contributed by atoms with E-state index in [0.717, 1.165) is 21.7 Å². The predicted octanol–water partition coefficient (Wildman–Crippen LogP) is 5.23. The van der Waals surface area contributed by atoms with Gasteiger partial charge >= 0.3 is 5.97 Å². The summed E-state index contributed by atoms with van der Waals surface area (Å²) in [5.41, 5.74) is -0.0490. The fourth-order valence-electron chi connectivity index (χ4n) is 3.28. The van der Waals surface area contributed by atoms with Crippen molar-refractivity contribution in [2.24, 2.45) is 0 Å². The Morgan fingerprint density at radius 3 is 2.47 bits per heavy atom. The van der Waals surface area contributed by atoms with Crippen molar-refractivity contribution in [1.82, 2.24) is 5.32 Å². The predicted molar refractivity (Wildman–Crippen MR) is 119 cm³/mol. The Morgan fingerprint density at radius 1 is 1.00 bits per heavy atom. The van der Waals surface area contributed by atoms with Crippen LogP contribution in [0.3, 0.4) is 0 Å². The summed E-state index contributed by atoms with van der Waals surface area (Å²) in [5.74, 6) is -1.15. The monoisotopic (exact) mass is 419 g/mol. The van der Waals surface area contributed by atoms with Gasteiger partial charge in [0.1, 0.15) is 17.9 Å². The van der Waals surface area contributed by atoms with E-state index >= 15 is 0 Å². The van der Waals surface area contributed by atoms with Crippen LogP contribution < -0.4 is 10.1 Å². The summed E-state index contributed by atoms with van der Waals surface area (Å²) in [4.78, 5) is 24.4. The van der Waals surface area contributed by atoms with Crippen molar-refractivity contribution in [2.75, 3.05) is 0 Å². The molecule has 30 heavy (non-hydrogen) atoms. The van der Waals surface area contributed by atoms with Gasteiger partial charge < -0.3 is 15.2 Å². The summed E-state index contributed by atoms with van der Waals surface area (Å²) < 4.78 is 7.37. The van der Waals surface area contributed by atoms with E-state index in [1.54, 1.807) is 17.4 Å². The number of carbonyl (C=O) groups excluding carboxylic acids is 1. The standard InChI is InChI=1S/C24H21NO4S/c1-24(2,23(27)28)25-22(26)19-12-11-15-7-3-4-9-18(15)21(19)29-13-16-14-30-20-10-6-5-8-17(16)20/h3-12,14H,13H2,1-2H3,(H,25,26)(H,27,28). The normalized spacial score (nSPS) is 11.5. The van der Waals surface area contributed by atoms with E-state index in [-0.39, 0.29) is 0 Å². The molecule has 0 aliphatic heterocycles. The first kappa shape index (κ1) is 19.9. The molecule has 1 heterocycles. The van der Waals surface area contributed by atoms with Crippen molar-refractivity contribution in [3.8, 4) is 5.75 Å². The number of hydrogen-bond donors (Lipinski definition) is 2. The largest absolute Gasteiger partial charge is 0.487 e. The van der Waals surface area contributed by atoms with E-state index < -0.39 is 17.4 Å². The van der Waals surface area contributed by atoms with Gasteiger partial charge in [-0.1, -0.05) is 48.5 Å². The molecular weight excluding hydrogens is 398 g/mol. The van der Waals surface area contributed by atoms with Gasteiger partial charge in [-0.25, -0.2) is 4.79 Å². The van der Waals surface area contributed by atoms with Crippen LogP contribution in [0, 0.1) is 0 Å². The average molecular weight is 420 g/mol. The lowest BCUT2D eigenvalue weighted by molar-refractivity contribution is -0.143. The van der Waals surface area contributed by atoms with Crippen molar-refractivity contribution in [2.45, 2.75) is 26.0 Å². The third-order valence-electron chi connectivity index (χ3n) is 5.02. The van der Waals surface area contributed by atoms with Gasteiger partial charge in [-0.2, -0.15) is 0 Å². The van der Waals surface area contributed by atoms with Gasteiger partial charge in [-0.15, -0.1) is 11.3 Å². The van der Waals surface area contributed by atoms with E-state index in [4.69, 9.17) is 4.74 Å². The van der Waals surface area contributed by atoms with Crippen LogP contribution in [-0.4, -0.2) is 22.5 Å². The van der Waals surface area contributed by atoms with Gasteiger partial charge in [0.2, 0.25) is 0 Å². The average Bonchev–Trinajstić information content (AvgIpc) is 3.14. The molecule has 3 aromatic carbocycles. The number of rotatable bonds is 6. The second-order valence-corrected chi connectivity index (χ2v) is 8.50. The lowest BCUT2D eigenvalue weighted by atomic mass is 10.0. The summed E-state index contributed by atoms with van der Waals surface area (Å²) in [6.45, 7) is 3.21. The minimum atomic E-state index is -1.40. The van der Waals surface area contributed by atoms with Crippen LogP contribution >= 0.6 is 11.3 Å². The summed E-state index contributed by atoms with van der Waals surface area (Å²) in [6, 6.07) is 19.3. The van der Waals surface area contributed by atoms with Gasteiger partial charge in [0, 0.05) is 15.6 Å². The first-order chi connectivity index (χ1) is 14.4. The van der Waals surface area contributed by atoms with Gasteiger partial charge in [0.15, 0.2) is 0 Å². The van der Waals surface area contributed by atoms with E-state index in [1.807, 2.05) is 42.5 Å². The van der Waals surface area contributed by atoms with Crippen LogP contribution in [-0.2, 0) is 11.4 Å². The molecule has 0 aliphatic carbocycles. The van der Waals surface area contributed by atoms with Crippen LogP contribution in [0.2, 0.25) is 0 Å². The molecule has 1 amide bonds. The Bertz CT molecular complexity index is 1260. The van der Waals surface area contributed by atoms with Crippen LogP contribution in [0.25, 0.3) is 20.9 Å². The smallest absolute Gasteiger partial charge is 0.328 e. The van der Waals surface area contributed by atoms with Gasteiger partial charge in [-0.05, 0) is 42.1 Å². The zero-order valence-corrected chi connectivity index (χ0v) is 17.5. The maximum absolute atomic E-state index is 13.0. The molecule has 5 nitrogen and oxygen atoms in total. The van der Waals surface area contributed by atoms with Crippen molar-refractivity contribution >= 4 is 44.1 Å². The van der Waals surface area contributed by atoms with Crippen molar-refractivity contribution in [3.05, 3.63) is 77.2 Å². The molecule has 0 saturated carbocycles. The lowest BCUT2D eigenvalue weighted by Crippen LogP contribution is -2.49. The number of nitrogens with one attached hydrogen (secondary N) is 1. The van der Waals surface area contributed by atoms with Crippen molar-refractivity contribution in [1.29, 1.82) is 0 Å². The number of benzene rings is 3. The van der Waals surface area contributed by atoms with E-state index in [2.05, 4.69) is 22.8 Å². The number of carbonyl (C=O) groups is 2. The van der Waals surface area contributed by atoms with Crippen LogP contribution in [0.1, 0.15) is 29.8 Å². The number of carboxylic acids is 1. The molecule has 0 spiro atoms. The SMILES string of the molecule is CC(C)(NC(=O)c1ccc2ccccc2c1OCc1csc2ccccc12)C(=O)O. The van der Waals surface area contributed by atoms with Gasteiger partial charge in [-0.3, -0.25) is 4.79 Å². The molecule has 0 atom stereocenters. The first-order valence-electron chi connectivity index (χ1n) is 9.52. The molecule has 0 bridgehead atoms. The lowest BCUT2D eigenvalue weighted by Gasteiger charge is -2.22. The molecule has 0 saturated heterocycles. The number of fused-ring (bicyclic) bond motifs is 2. The van der Waals surface area contributed by atoms with Gasteiger partial charge in [0.05, 0.1) is 5.56 Å². The maximum atomic E-state index is 13.0. The molecule has 6 heteroatoms. The van der Waals surface area contributed by atoms with E-state index in [1.165, 1.54) is 18.5 Å². The highest BCUT2D eigenvalue weighted by molar-refractivity contribution is 7.17. The zero-order chi connectivity index (χ0) is 21.3. The first-order valence-corrected chi connectivity index (χ1v) is 10.4. The molecule has 4 aromatic rings. The van der Waals surface area contributed by atoms with Crippen LogP contribution in [0.15, 0.2) is 66.0 Å². The minimum Gasteiger partial charge on any atom is -0.487 e. The fourth-order valence-corrected chi connectivity index (χ4v) is 4.22. The van der Waals surface area contributed by atoms with Crippen molar-refractivity contribution in [3.63, 3.8) is 0 Å². The second-order valence-electron chi connectivity index (χ2n) is 7.59. The van der Waals surface area contributed by atoms with Crippen LogP contribution in [0.5, 0.6) is 5.75 Å². The molecular formula is C24H21NO4S. The van der Waals surface area contributed by atoms with E-state index in [9.17, 15) is 14.7 Å². The van der Waals surface area contributed by atoms with Gasteiger partial charge in [0.25, 0.3) is 5.91 Å². The summed E-state index contributed by atoms with van der Waals surface area (Å²) in [7, 11) is 0. The highest BCUT2D eigenvalue weighted by Crippen LogP contribution is 2.33. The third-order valence-corrected chi connectivity index (χ3v) is 6.03. The molecule has 4 rings (SSSR count). The Hall–Kier alpha value is -3.38. The number of ether oxygens (including phenoxy) is 1. The molecule has 2 N–H and O–H groups in total. The fraction of sp³-hybridized carbons (Fsp3) is 0.167. The number of carboxylic acid groups (broad SMARTS) is 1. The van der Waals surface area contributed by atoms with Crippen molar-refractivity contribution < 1.29 is 19.4 Å². The number of aliphatic carboxylic acids is 1. The number of hydrogen-bond acceptors (Lipinski definition) is 4. The Labute approximate surface area is 177 Å². The molecule has 152 valence electrons. The third kappa shape index (κ3) is 3.74. The zero-order valence-electron chi connectivity index (χ0n) is 16.6. The summed E-state index contributed by atoms with van der Waals surface area (Å²) in [6.07, 6.45) is 0. The molecule has 1 aromatic heterocycles. The topological polar surface area (TPSA) is 75.6 Å². The Morgan fingerprint density at radius 2 is 1.70 bits per heavy atom. The second kappa shape index (κ2) is 7.80. The molecule has 0 unspecified atom stereocenters. The summed E-state index contributed by atoms with van der Waals surface area (Å²) >= 11 is 1.65. The molecule has 0 radical (unpaired) electrons. The summed E-state index contributed by atoms with van der Waals surface area (Å²) in [5, 5.41) is 16.9. The number of thiophene rings is 1. The highest BCUT2D eigenvalue weighted by Gasteiger charge is 2.30.